The summed E-state index contributed by atoms with van der Waals surface area (Å²) in [5.41, 5.74) is 0. The first kappa shape index (κ1) is 38.7. The Labute approximate surface area is 247 Å². The third-order valence-electron chi connectivity index (χ3n) is 4.97. The number of hydrogen-bond donors (Lipinski definition) is 0. The molecule has 0 bridgehead atoms. The van der Waals surface area contributed by atoms with E-state index in [0.717, 1.165) is 25.7 Å². The molecule has 0 aromatic heterocycles. The predicted molar refractivity (Wildman–Crippen MR) is 119 cm³/mol. The molecule has 0 aromatic rings. The Morgan fingerprint density at radius 1 is 0.467 bits per heavy atom. The van der Waals surface area contributed by atoms with E-state index in [1.807, 2.05) is 0 Å². The molecule has 0 aromatic carbocycles. The first-order valence-corrected chi connectivity index (χ1v) is 11.9. The summed E-state index contributed by atoms with van der Waals surface area (Å²) in [6, 6.07) is 0. The van der Waals surface area contributed by atoms with Crippen LogP contribution in [0.4, 0.5) is 0 Å². The van der Waals surface area contributed by atoms with Crippen molar-refractivity contribution in [2.24, 2.45) is 0 Å². The van der Waals surface area contributed by atoms with Crippen molar-refractivity contribution in [3.05, 3.63) is 0 Å². The zero-order chi connectivity index (χ0) is 21.3. The van der Waals surface area contributed by atoms with Crippen LogP contribution in [0.5, 0.6) is 0 Å². The van der Waals surface area contributed by atoms with Gasteiger partial charge in [0.15, 0.2) is 0 Å². The minimum atomic E-state index is -0.909. The second-order valence-corrected chi connectivity index (χ2v) is 7.90. The van der Waals surface area contributed by atoms with Gasteiger partial charge in [0.2, 0.25) is 0 Å². The number of hydrogen-bond acceptors (Lipinski definition) is 4. The maximum absolute atomic E-state index is 10.1. The Balaban J connectivity index is -0.000000211. The molecule has 0 saturated heterocycles. The Kier molecular flexibility index (Phi) is 45.2. The molecule has 6 heteroatoms. The van der Waals surface area contributed by atoms with Gasteiger partial charge in [0.25, 0.3) is 0 Å². The maximum atomic E-state index is 10.1. The Bertz CT molecular complexity index is 309. The molecular formula is C24H46BaCdO4. The van der Waals surface area contributed by atoms with Crippen molar-refractivity contribution in [2.75, 3.05) is 0 Å². The van der Waals surface area contributed by atoms with Crippen molar-refractivity contribution in [1.29, 1.82) is 0 Å². The first-order chi connectivity index (χ1) is 13.5. The van der Waals surface area contributed by atoms with Crippen molar-refractivity contribution in [1.82, 2.24) is 0 Å². The molecule has 0 atom stereocenters. The zero-order valence-electron chi connectivity index (χ0n) is 20.2. The van der Waals surface area contributed by atoms with Crippen LogP contribution in [-0.4, -0.2) is 60.8 Å². The molecule has 0 N–H and O–H groups in total. The van der Waals surface area contributed by atoms with Crippen molar-refractivity contribution < 1.29 is 47.1 Å². The predicted octanol–water partition coefficient (Wildman–Crippen LogP) is 4.93. The van der Waals surface area contributed by atoms with Gasteiger partial charge in [-0.2, -0.15) is 0 Å². The molecular weight excluding hydrogens is 602 g/mol. The second kappa shape index (κ2) is 35.0. The summed E-state index contributed by atoms with van der Waals surface area (Å²) < 4.78 is 0. The normalized spacial score (nSPS) is 9.67. The van der Waals surface area contributed by atoms with E-state index in [-0.39, 0.29) is 89.0 Å². The summed E-state index contributed by atoms with van der Waals surface area (Å²) in [6.45, 7) is 4.44. The smallest absolute Gasteiger partial charge is 0.550 e. The summed E-state index contributed by atoms with van der Waals surface area (Å²) in [4.78, 5) is 20.2. The molecule has 0 aliphatic carbocycles. The van der Waals surface area contributed by atoms with Gasteiger partial charge in [-0.05, 0) is 25.7 Å². The van der Waals surface area contributed by atoms with E-state index in [2.05, 4.69) is 13.8 Å². The molecule has 0 heterocycles. The second-order valence-electron chi connectivity index (χ2n) is 7.90. The third-order valence-corrected chi connectivity index (χ3v) is 4.97. The minimum Gasteiger partial charge on any atom is -0.550 e. The fraction of sp³-hybridized carbons (Fsp3) is 0.917. The van der Waals surface area contributed by atoms with Crippen LogP contribution in [0.3, 0.4) is 0 Å². The van der Waals surface area contributed by atoms with Gasteiger partial charge in [0, 0.05) is 39.2 Å². The zero-order valence-corrected chi connectivity index (χ0v) is 28.7. The van der Waals surface area contributed by atoms with E-state index in [4.69, 9.17) is 0 Å². The van der Waals surface area contributed by atoms with Crippen LogP contribution in [0, 0.1) is 0 Å². The molecule has 0 spiro atoms. The number of aliphatic carboxylic acids is 2. The van der Waals surface area contributed by atoms with Crippen molar-refractivity contribution in [3.63, 3.8) is 0 Å². The molecule has 170 valence electrons. The van der Waals surface area contributed by atoms with Gasteiger partial charge in [-0.1, -0.05) is 117 Å². The summed E-state index contributed by atoms with van der Waals surface area (Å²) >= 11 is 0. The van der Waals surface area contributed by atoms with Crippen molar-refractivity contribution in [3.8, 4) is 0 Å². The fourth-order valence-corrected chi connectivity index (χ4v) is 3.16. The summed E-state index contributed by atoms with van der Waals surface area (Å²) in [7, 11) is 0. The summed E-state index contributed by atoms with van der Waals surface area (Å²) in [6.07, 6.45) is 22.3. The standard InChI is InChI=1S/2C12H24O2.Ba.Cd/c2*1-2-3-4-5-6-7-8-9-10-11-12(13)14;;/h2*2-11H2,1H3,(H,13,14);;/q;;+2;/p-2. The number of carbonyl (C=O) groups is 2. The van der Waals surface area contributed by atoms with E-state index >= 15 is 0 Å². The van der Waals surface area contributed by atoms with Crippen LogP contribution in [-0.2, 0) is 36.9 Å². The van der Waals surface area contributed by atoms with E-state index in [9.17, 15) is 19.8 Å². The summed E-state index contributed by atoms with van der Waals surface area (Å²) in [5.74, 6) is -1.82. The topological polar surface area (TPSA) is 80.3 Å². The Morgan fingerprint density at radius 2 is 0.667 bits per heavy atom. The number of rotatable bonds is 20. The van der Waals surface area contributed by atoms with Crippen LogP contribution < -0.4 is 10.2 Å². The van der Waals surface area contributed by atoms with Crippen LogP contribution in [0.15, 0.2) is 0 Å². The molecule has 30 heavy (non-hydrogen) atoms. The number of carbonyl (C=O) groups excluding carboxylic acids is 2. The van der Waals surface area contributed by atoms with Crippen LogP contribution >= 0.6 is 0 Å². The maximum Gasteiger partial charge on any atom is 2.00 e. The number of carboxylic acids is 2. The average molecular weight is 648 g/mol. The first-order valence-electron chi connectivity index (χ1n) is 11.9. The molecule has 0 aliphatic rings. The van der Waals surface area contributed by atoms with Crippen molar-refractivity contribution in [2.45, 2.75) is 142 Å². The Morgan fingerprint density at radius 3 is 0.867 bits per heavy atom. The van der Waals surface area contributed by atoms with Gasteiger partial charge in [0.05, 0.1) is 0 Å². The van der Waals surface area contributed by atoms with E-state index in [1.165, 1.54) is 89.9 Å². The molecule has 4 nitrogen and oxygen atoms in total. The molecule has 0 amide bonds. The molecule has 0 rings (SSSR count). The number of carboxylic acid groups (broad SMARTS) is 2. The van der Waals surface area contributed by atoms with Gasteiger partial charge >= 0.3 is 48.9 Å². The quantitative estimate of drug-likeness (QED) is 0.139. The average Bonchev–Trinajstić information content (AvgIpc) is 2.65. The van der Waals surface area contributed by atoms with E-state index in [1.54, 1.807) is 0 Å². The third kappa shape index (κ3) is 43.3. The Hall–Kier alpha value is 1.43. The van der Waals surface area contributed by atoms with Gasteiger partial charge in [-0.15, -0.1) is 0 Å². The molecule has 0 aliphatic heterocycles. The van der Waals surface area contributed by atoms with Gasteiger partial charge in [-0.25, -0.2) is 0 Å². The fourth-order valence-electron chi connectivity index (χ4n) is 3.16. The van der Waals surface area contributed by atoms with Gasteiger partial charge < -0.3 is 19.8 Å². The van der Waals surface area contributed by atoms with Gasteiger partial charge in [0.1, 0.15) is 0 Å². The van der Waals surface area contributed by atoms with Crippen molar-refractivity contribution >= 4 is 60.8 Å². The van der Waals surface area contributed by atoms with E-state index in [0.29, 0.717) is 0 Å². The summed E-state index contributed by atoms with van der Waals surface area (Å²) in [5, 5.41) is 20.2. The van der Waals surface area contributed by atoms with Crippen LogP contribution in [0.1, 0.15) is 142 Å². The molecule has 0 saturated carbocycles. The monoisotopic (exact) mass is 650 g/mol. The SMILES string of the molecule is CCCCCCCCCCCC(=O)[O-].CCCCCCCCCCCC(=O)[O-].[Ba+2].[Cd]. The number of unbranched alkanes of at least 4 members (excludes halogenated alkanes) is 16. The largest absolute Gasteiger partial charge is 2.00 e. The van der Waals surface area contributed by atoms with Crippen LogP contribution in [0.25, 0.3) is 0 Å². The molecule has 0 fully saturated rings. The van der Waals surface area contributed by atoms with Crippen LogP contribution in [0.2, 0.25) is 0 Å². The van der Waals surface area contributed by atoms with E-state index < -0.39 is 11.9 Å². The minimum absolute atomic E-state index is 0. The van der Waals surface area contributed by atoms with Gasteiger partial charge in [-0.3, -0.25) is 0 Å². The molecule has 0 unspecified atom stereocenters. The molecule has 0 radical (unpaired) electrons.